The van der Waals surface area contributed by atoms with E-state index in [1.54, 1.807) is 0 Å². The summed E-state index contributed by atoms with van der Waals surface area (Å²) >= 11 is 0. The highest BCUT2D eigenvalue weighted by atomic mass is 16.5. The normalized spacial score (nSPS) is 16.8. The minimum atomic E-state index is 0.637. The van der Waals surface area contributed by atoms with E-state index in [1.807, 2.05) is 6.92 Å². The highest BCUT2D eigenvalue weighted by Gasteiger charge is 2.29. The lowest BCUT2D eigenvalue weighted by Gasteiger charge is -2.20. The average molecular weight is 233 g/mol. The third-order valence-electron chi connectivity index (χ3n) is 3.45. The van der Waals surface area contributed by atoms with Crippen molar-refractivity contribution in [3.63, 3.8) is 0 Å². The van der Waals surface area contributed by atoms with Crippen LogP contribution in [0, 0.1) is 5.92 Å². The summed E-state index contributed by atoms with van der Waals surface area (Å²) in [5, 5.41) is 3.69. The molecule has 0 aromatic heterocycles. The standard InChI is InChI=1S/C15H23NO/c1-3-14(12-9-10-12)16-15-8-6-5-7-13(15)11-17-4-2/h5-8,12,14,16H,3-4,9-11H2,1-2H3. The van der Waals surface area contributed by atoms with Gasteiger partial charge in [-0.25, -0.2) is 0 Å². The molecule has 0 heterocycles. The minimum Gasteiger partial charge on any atom is -0.382 e. The fourth-order valence-electron chi connectivity index (χ4n) is 2.25. The van der Waals surface area contributed by atoms with Gasteiger partial charge in [0.05, 0.1) is 6.61 Å². The second kappa shape index (κ2) is 6.06. The third kappa shape index (κ3) is 3.47. The molecule has 1 aliphatic rings. The summed E-state index contributed by atoms with van der Waals surface area (Å²) in [6, 6.07) is 9.13. The van der Waals surface area contributed by atoms with Gasteiger partial charge in [-0.3, -0.25) is 0 Å². The van der Waals surface area contributed by atoms with E-state index in [1.165, 1.54) is 30.5 Å². The van der Waals surface area contributed by atoms with Crippen LogP contribution < -0.4 is 5.32 Å². The molecule has 1 aromatic rings. The van der Waals surface area contributed by atoms with Gasteiger partial charge in [0.1, 0.15) is 0 Å². The van der Waals surface area contributed by atoms with Crippen molar-refractivity contribution in [1.82, 2.24) is 0 Å². The summed E-state index contributed by atoms with van der Waals surface area (Å²) in [6.07, 6.45) is 3.98. The van der Waals surface area contributed by atoms with Crippen LogP contribution in [-0.2, 0) is 11.3 Å². The molecule has 1 aliphatic carbocycles. The molecule has 2 heteroatoms. The van der Waals surface area contributed by atoms with Gasteiger partial charge in [0.25, 0.3) is 0 Å². The van der Waals surface area contributed by atoms with Gasteiger partial charge in [0.2, 0.25) is 0 Å². The maximum Gasteiger partial charge on any atom is 0.0736 e. The molecule has 2 nitrogen and oxygen atoms in total. The molecule has 1 fully saturated rings. The molecular formula is C15H23NO. The topological polar surface area (TPSA) is 21.3 Å². The number of anilines is 1. The Balaban J connectivity index is 2.02. The number of rotatable bonds is 7. The van der Waals surface area contributed by atoms with Gasteiger partial charge in [-0.1, -0.05) is 25.1 Å². The van der Waals surface area contributed by atoms with Crippen molar-refractivity contribution >= 4 is 5.69 Å². The first kappa shape index (κ1) is 12.4. The van der Waals surface area contributed by atoms with Crippen LogP contribution in [0.5, 0.6) is 0 Å². The van der Waals surface area contributed by atoms with Crippen molar-refractivity contribution in [2.24, 2.45) is 5.92 Å². The lowest BCUT2D eigenvalue weighted by Crippen LogP contribution is -2.21. The van der Waals surface area contributed by atoms with Crippen LogP contribution >= 0.6 is 0 Å². The Morgan fingerprint density at radius 3 is 2.71 bits per heavy atom. The lowest BCUT2D eigenvalue weighted by atomic mass is 10.1. The summed E-state index contributed by atoms with van der Waals surface area (Å²) in [7, 11) is 0. The Kier molecular flexibility index (Phi) is 4.43. The zero-order valence-electron chi connectivity index (χ0n) is 10.9. The lowest BCUT2D eigenvalue weighted by molar-refractivity contribution is 0.134. The fraction of sp³-hybridized carbons (Fsp3) is 0.600. The van der Waals surface area contributed by atoms with Gasteiger partial charge in [-0.05, 0) is 38.2 Å². The van der Waals surface area contributed by atoms with Crippen molar-refractivity contribution in [1.29, 1.82) is 0 Å². The van der Waals surface area contributed by atoms with E-state index in [2.05, 4.69) is 36.5 Å². The van der Waals surface area contributed by atoms with Crippen molar-refractivity contribution in [3.8, 4) is 0 Å². The Morgan fingerprint density at radius 1 is 1.29 bits per heavy atom. The Bertz CT molecular complexity index is 347. The van der Waals surface area contributed by atoms with Crippen molar-refractivity contribution in [2.45, 2.75) is 45.8 Å². The number of benzene rings is 1. The average Bonchev–Trinajstić information content (AvgIpc) is 3.19. The Morgan fingerprint density at radius 2 is 2.06 bits per heavy atom. The number of hydrogen-bond donors (Lipinski definition) is 1. The second-order valence-electron chi connectivity index (χ2n) is 4.79. The predicted molar refractivity (Wildman–Crippen MR) is 72.2 cm³/mol. The van der Waals surface area contributed by atoms with Gasteiger partial charge >= 0.3 is 0 Å². The van der Waals surface area contributed by atoms with Crippen LogP contribution in [0.2, 0.25) is 0 Å². The molecule has 0 amide bonds. The van der Waals surface area contributed by atoms with Gasteiger partial charge in [-0.2, -0.15) is 0 Å². The van der Waals surface area contributed by atoms with Crippen LogP contribution in [0.25, 0.3) is 0 Å². The first-order valence-corrected chi connectivity index (χ1v) is 6.77. The van der Waals surface area contributed by atoms with Gasteiger partial charge in [0.15, 0.2) is 0 Å². The zero-order valence-corrected chi connectivity index (χ0v) is 10.9. The second-order valence-corrected chi connectivity index (χ2v) is 4.79. The van der Waals surface area contributed by atoms with Crippen LogP contribution in [0.3, 0.4) is 0 Å². The first-order chi connectivity index (χ1) is 8.35. The highest BCUT2D eigenvalue weighted by molar-refractivity contribution is 5.51. The number of nitrogens with one attached hydrogen (secondary N) is 1. The van der Waals surface area contributed by atoms with Crippen molar-refractivity contribution in [3.05, 3.63) is 29.8 Å². The van der Waals surface area contributed by atoms with E-state index in [4.69, 9.17) is 4.74 Å². The molecule has 0 radical (unpaired) electrons. The van der Waals surface area contributed by atoms with E-state index < -0.39 is 0 Å². The predicted octanol–water partition coefficient (Wildman–Crippen LogP) is 3.82. The molecule has 94 valence electrons. The SMILES string of the molecule is CCOCc1ccccc1NC(CC)C1CC1. The van der Waals surface area contributed by atoms with Crippen LogP contribution in [0.1, 0.15) is 38.7 Å². The fourth-order valence-corrected chi connectivity index (χ4v) is 2.25. The Hall–Kier alpha value is -1.02. The van der Waals surface area contributed by atoms with E-state index in [9.17, 15) is 0 Å². The number of ether oxygens (including phenoxy) is 1. The van der Waals surface area contributed by atoms with Gasteiger partial charge in [0, 0.05) is 23.9 Å². The summed E-state index contributed by atoms with van der Waals surface area (Å²) in [5.41, 5.74) is 2.52. The van der Waals surface area contributed by atoms with Gasteiger partial charge in [-0.15, -0.1) is 0 Å². The smallest absolute Gasteiger partial charge is 0.0736 e. The molecule has 2 rings (SSSR count). The molecular weight excluding hydrogens is 210 g/mol. The van der Waals surface area contributed by atoms with Gasteiger partial charge < -0.3 is 10.1 Å². The third-order valence-corrected chi connectivity index (χ3v) is 3.45. The molecule has 0 bridgehead atoms. The van der Waals surface area contributed by atoms with Crippen LogP contribution in [-0.4, -0.2) is 12.6 Å². The monoisotopic (exact) mass is 233 g/mol. The molecule has 0 spiro atoms. The summed E-state index contributed by atoms with van der Waals surface area (Å²) < 4.78 is 5.51. The molecule has 1 saturated carbocycles. The summed E-state index contributed by atoms with van der Waals surface area (Å²) in [6.45, 7) is 5.78. The van der Waals surface area contributed by atoms with E-state index >= 15 is 0 Å². The van der Waals surface area contributed by atoms with Crippen molar-refractivity contribution in [2.75, 3.05) is 11.9 Å². The van der Waals surface area contributed by atoms with E-state index in [0.29, 0.717) is 12.6 Å². The quantitative estimate of drug-likeness (QED) is 0.773. The van der Waals surface area contributed by atoms with Crippen molar-refractivity contribution < 1.29 is 4.74 Å². The minimum absolute atomic E-state index is 0.637. The van der Waals surface area contributed by atoms with E-state index in [0.717, 1.165) is 12.5 Å². The molecule has 0 aliphatic heterocycles. The molecule has 1 atom stereocenters. The van der Waals surface area contributed by atoms with Crippen LogP contribution in [0.4, 0.5) is 5.69 Å². The molecule has 1 N–H and O–H groups in total. The summed E-state index contributed by atoms with van der Waals surface area (Å²) in [5.74, 6) is 0.889. The van der Waals surface area contributed by atoms with Crippen LogP contribution in [0.15, 0.2) is 24.3 Å². The molecule has 17 heavy (non-hydrogen) atoms. The largest absolute Gasteiger partial charge is 0.382 e. The maximum atomic E-state index is 5.51. The summed E-state index contributed by atoms with van der Waals surface area (Å²) in [4.78, 5) is 0. The molecule has 1 unspecified atom stereocenters. The molecule has 1 aromatic carbocycles. The number of hydrogen-bond acceptors (Lipinski definition) is 2. The molecule has 0 saturated heterocycles. The highest BCUT2D eigenvalue weighted by Crippen LogP contribution is 2.36. The first-order valence-electron chi connectivity index (χ1n) is 6.77. The zero-order chi connectivity index (χ0) is 12.1. The maximum absolute atomic E-state index is 5.51. The Labute approximate surface area is 104 Å². The van der Waals surface area contributed by atoms with E-state index in [-0.39, 0.29) is 0 Å². The number of para-hydroxylation sites is 1.